The normalized spacial score (nSPS) is 14.3. The van der Waals surface area contributed by atoms with Crippen LogP contribution in [0.2, 0.25) is 0 Å². The second kappa shape index (κ2) is 4.41. The molecule has 1 aliphatic rings. The van der Waals surface area contributed by atoms with Crippen LogP contribution in [0.1, 0.15) is 34.5 Å². The molecule has 1 aliphatic carbocycles. The maximum absolute atomic E-state index is 10.8. The molecule has 0 radical (unpaired) electrons. The molecule has 0 saturated carbocycles. The third-order valence-electron chi connectivity index (χ3n) is 3.68. The number of aromatic nitrogens is 2. The molecule has 3 nitrogen and oxygen atoms in total. The topological polar surface area (TPSA) is 34.9 Å². The number of fused-ring (bicyclic) bond motifs is 1. The molecule has 2 aromatic rings. The van der Waals surface area contributed by atoms with Crippen molar-refractivity contribution in [2.45, 2.75) is 25.7 Å². The predicted octanol–water partition coefficient (Wildman–Crippen LogP) is 2.78. The maximum atomic E-state index is 10.8. The molecule has 0 aliphatic heterocycles. The summed E-state index contributed by atoms with van der Waals surface area (Å²) in [6, 6.07) is 8.39. The zero-order valence-electron chi connectivity index (χ0n) is 10.5. The van der Waals surface area contributed by atoms with Crippen molar-refractivity contribution >= 4 is 6.29 Å². The molecule has 18 heavy (non-hydrogen) atoms. The first-order valence-electron chi connectivity index (χ1n) is 6.39. The number of rotatable bonds is 2. The van der Waals surface area contributed by atoms with E-state index >= 15 is 0 Å². The largest absolute Gasteiger partial charge is 0.296 e. The molecule has 0 bridgehead atoms. The number of carbonyl (C=O) groups is 1. The summed E-state index contributed by atoms with van der Waals surface area (Å²) >= 11 is 0. The lowest BCUT2D eigenvalue weighted by atomic mass is 9.90. The van der Waals surface area contributed by atoms with Crippen LogP contribution in [0.4, 0.5) is 0 Å². The first-order chi connectivity index (χ1) is 8.78. The fourth-order valence-corrected chi connectivity index (χ4v) is 2.63. The molecular weight excluding hydrogens is 224 g/mol. The summed E-state index contributed by atoms with van der Waals surface area (Å²) in [7, 11) is 1.80. The lowest BCUT2D eigenvalue weighted by molar-refractivity contribution is 0.111. The molecule has 0 saturated heterocycles. The van der Waals surface area contributed by atoms with Gasteiger partial charge in [0.2, 0.25) is 0 Å². The molecule has 1 aromatic heterocycles. The molecule has 3 heteroatoms. The Labute approximate surface area is 106 Å². The van der Waals surface area contributed by atoms with Crippen molar-refractivity contribution in [1.82, 2.24) is 9.78 Å². The second-order valence-electron chi connectivity index (χ2n) is 4.89. The van der Waals surface area contributed by atoms with Gasteiger partial charge < -0.3 is 0 Å². The lowest BCUT2D eigenvalue weighted by Crippen LogP contribution is -2.02. The Morgan fingerprint density at radius 1 is 1.17 bits per heavy atom. The van der Waals surface area contributed by atoms with E-state index in [1.807, 2.05) is 6.07 Å². The quantitative estimate of drug-likeness (QED) is 0.756. The fourth-order valence-electron chi connectivity index (χ4n) is 2.63. The van der Waals surface area contributed by atoms with E-state index in [2.05, 4.69) is 23.3 Å². The molecule has 0 amide bonds. The van der Waals surface area contributed by atoms with Crippen LogP contribution in [0.3, 0.4) is 0 Å². The van der Waals surface area contributed by atoms with Crippen LogP contribution in [0, 0.1) is 0 Å². The molecule has 1 aromatic carbocycles. The van der Waals surface area contributed by atoms with Crippen molar-refractivity contribution in [3.8, 4) is 11.3 Å². The smallest absolute Gasteiger partial charge is 0.168 e. The Hall–Kier alpha value is -1.90. The molecule has 0 N–H and O–H groups in total. The van der Waals surface area contributed by atoms with E-state index in [0.717, 1.165) is 24.0 Å². The van der Waals surface area contributed by atoms with Gasteiger partial charge in [-0.15, -0.1) is 0 Å². The van der Waals surface area contributed by atoms with Crippen molar-refractivity contribution < 1.29 is 4.79 Å². The Morgan fingerprint density at radius 3 is 2.67 bits per heavy atom. The summed E-state index contributed by atoms with van der Waals surface area (Å²) in [5.41, 5.74) is 5.52. The minimum absolute atomic E-state index is 0.614. The summed E-state index contributed by atoms with van der Waals surface area (Å²) < 4.78 is 1.63. The summed E-state index contributed by atoms with van der Waals surface area (Å²) in [5, 5.41) is 4.39. The number of carbonyl (C=O) groups excluding carboxylic acids is 1. The molecule has 0 fully saturated rings. The summed E-state index contributed by atoms with van der Waals surface area (Å²) in [4.78, 5) is 10.8. The molecule has 0 atom stereocenters. The van der Waals surface area contributed by atoms with E-state index in [9.17, 15) is 4.79 Å². The molecule has 3 rings (SSSR count). The summed E-state index contributed by atoms with van der Waals surface area (Å²) in [5.74, 6) is 0. The molecule has 92 valence electrons. The van der Waals surface area contributed by atoms with Gasteiger partial charge in [0.1, 0.15) is 5.69 Å². The van der Waals surface area contributed by atoms with Crippen molar-refractivity contribution in [1.29, 1.82) is 0 Å². The summed E-state index contributed by atoms with van der Waals surface area (Å²) in [6.45, 7) is 0. The third kappa shape index (κ3) is 1.86. The van der Waals surface area contributed by atoms with Gasteiger partial charge >= 0.3 is 0 Å². The van der Waals surface area contributed by atoms with Gasteiger partial charge in [-0.1, -0.05) is 12.1 Å². The average Bonchev–Trinajstić information content (AvgIpc) is 2.79. The Morgan fingerprint density at radius 2 is 1.94 bits per heavy atom. The van der Waals surface area contributed by atoms with Crippen LogP contribution in [-0.2, 0) is 19.9 Å². The molecular formula is C15H16N2O. The van der Waals surface area contributed by atoms with Gasteiger partial charge in [-0.25, -0.2) is 0 Å². The highest BCUT2D eigenvalue weighted by atomic mass is 16.1. The van der Waals surface area contributed by atoms with Crippen molar-refractivity contribution in [3.05, 3.63) is 41.1 Å². The number of aryl methyl sites for hydroxylation is 3. The van der Waals surface area contributed by atoms with Gasteiger partial charge in [0, 0.05) is 12.6 Å². The minimum Gasteiger partial charge on any atom is -0.296 e. The molecule has 1 heterocycles. The van der Waals surface area contributed by atoms with Gasteiger partial charge in [0.15, 0.2) is 6.29 Å². The van der Waals surface area contributed by atoms with E-state index in [-0.39, 0.29) is 0 Å². The Balaban J connectivity index is 2.03. The van der Waals surface area contributed by atoms with Gasteiger partial charge in [-0.2, -0.15) is 5.10 Å². The minimum atomic E-state index is 0.614. The van der Waals surface area contributed by atoms with Crippen molar-refractivity contribution in [3.63, 3.8) is 0 Å². The lowest BCUT2D eigenvalue weighted by Gasteiger charge is -2.15. The van der Waals surface area contributed by atoms with E-state index in [0.29, 0.717) is 5.69 Å². The van der Waals surface area contributed by atoms with Crippen LogP contribution in [0.25, 0.3) is 11.3 Å². The monoisotopic (exact) mass is 240 g/mol. The predicted molar refractivity (Wildman–Crippen MR) is 70.7 cm³/mol. The standard InChI is InChI=1S/C15H16N2O/c1-17-14(10-18)9-15(16-17)13-7-6-11-4-2-3-5-12(11)8-13/h6-10H,2-5H2,1H3. The van der Waals surface area contributed by atoms with Gasteiger partial charge in [-0.05, 0) is 48.9 Å². The Kier molecular flexibility index (Phi) is 2.74. The van der Waals surface area contributed by atoms with Gasteiger partial charge in [0.05, 0.1) is 5.69 Å². The van der Waals surface area contributed by atoms with Crippen LogP contribution < -0.4 is 0 Å². The zero-order chi connectivity index (χ0) is 12.5. The van der Waals surface area contributed by atoms with Crippen molar-refractivity contribution in [2.24, 2.45) is 7.05 Å². The molecule has 0 spiro atoms. The van der Waals surface area contributed by atoms with E-state index in [1.54, 1.807) is 11.7 Å². The fraction of sp³-hybridized carbons (Fsp3) is 0.333. The van der Waals surface area contributed by atoms with Crippen LogP contribution in [-0.4, -0.2) is 16.1 Å². The maximum Gasteiger partial charge on any atom is 0.168 e. The van der Waals surface area contributed by atoms with Gasteiger partial charge in [0.25, 0.3) is 0 Å². The SMILES string of the molecule is Cn1nc(-c2ccc3c(c2)CCCC3)cc1C=O. The van der Waals surface area contributed by atoms with Crippen molar-refractivity contribution in [2.75, 3.05) is 0 Å². The highest BCUT2D eigenvalue weighted by molar-refractivity contribution is 5.76. The number of aldehydes is 1. The number of benzene rings is 1. The van der Waals surface area contributed by atoms with Crippen LogP contribution >= 0.6 is 0 Å². The van der Waals surface area contributed by atoms with Crippen LogP contribution in [0.15, 0.2) is 24.3 Å². The number of nitrogens with zero attached hydrogens (tertiary/aromatic N) is 2. The Bertz CT molecular complexity index is 599. The highest BCUT2D eigenvalue weighted by Crippen LogP contribution is 2.26. The summed E-state index contributed by atoms with van der Waals surface area (Å²) in [6.07, 6.45) is 5.77. The highest BCUT2D eigenvalue weighted by Gasteiger charge is 2.12. The third-order valence-corrected chi connectivity index (χ3v) is 3.68. The molecule has 0 unspecified atom stereocenters. The first-order valence-corrected chi connectivity index (χ1v) is 6.39. The number of hydrogen-bond donors (Lipinski definition) is 0. The zero-order valence-corrected chi connectivity index (χ0v) is 10.5. The first kappa shape index (κ1) is 11.2. The number of hydrogen-bond acceptors (Lipinski definition) is 2. The van der Waals surface area contributed by atoms with E-state index < -0.39 is 0 Å². The van der Waals surface area contributed by atoms with E-state index in [4.69, 9.17) is 0 Å². The van der Waals surface area contributed by atoms with Gasteiger partial charge in [-0.3, -0.25) is 9.48 Å². The van der Waals surface area contributed by atoms with E-state index in [1.165, 1.54) is 30.4 Å². The second-order valence-corrected chi connectivity index (χ2v) is 4.89. The van der Waals surface area contributed by atoms with Crippen LogP contribution in [0.5, 0.6) is 0 Å². The average molecular weight is 240 g/mol.